The second kappa shape index (κ2) is 5.79. The van der Waals surface area contributed by atoms with Crippen LogP contribution in [0.25, 0.3) is 0 Å². The van der Waals surface area contributed by atoms with Crippen LogP contribution in [0.1, 0.15) is 22.5 Å². The molecular formula is C14H18N4O2S. The van der Waals surface area contributed by atoms with E-state index in [4.69, 9.17) is 0 Å². The molecule has 0 aliphatic rings. The maximum Gasteiger partial charge on any atom is 0.257 e. The number of rotatable bonds is 4. The van der Waals surface area contributed by atoms with E-state index in [1.54, 1.807) is 19.1 Å². The third-order valence-electron chi connectivity index (χ3n) is 2.90. The van der Waals surface area contributed by atoms with E-state index in [-0.39, 0.29) is 10.8 Å². The minimum Gasteiger partial charge on any atom is -0.276 e. The van der Waals surface area contributed by atoms with Crippen LogP contribution >= 0.6 is 0 Å². The molecule has 1 aromatic carbocycles. The molecular weight excluding hydrogens is 288 g/mol. The maximum atomic E-state index is 12.3. The number of hydrogen-bond donors (Lipinski definition) is 2. The van der Waals surface area contributed by atoms with Crippen LogP contribution in [0.5, 0.6) is 0 Å². The molecule has 0 fully saturated rings. The summed E-state index contributed by atoms with van der Waals surface area (Å²) in [7, 11) is -3.67. The van der Waals surface area contributed by atoms with Gasteiger partial charge < -0.3 is 0 Å². The van der Waals surface area contributed by atoms with Crippen LogP contribution in [-0.4, -0.2) is 18.4 Å². The second-order valence-electron chi connectivity index (χ2n) is 4.97. The van der Waals surface area contributed by atoms with E-state index in [1.165, 1.54) is 0 Å². The number of sulfonamides is 1. The first-order chi connectivity index (χ1) is 9.78. The van der Waals surface area contributed by atoms with Gasteiger partial charge in [-0.3, -0.25) is 5.43 Å². The van der Waals surface area contributed by atoms with Gasteiger partial charge in [0.05, 0.1) is 4.90 Å². The summed E-state index contributed by atoms with van der Waals surface area (Å²) in [4.78, 5) is 10.8. The Labute approximate surface area is 124 Å². The average Bonchev–Trinajstić information content (AvgIpc) is 2.35. The number of aryl methyl sites for hydroxylation is 4. The minimum atomic E-state index is -3.67. The fourth-order valence-electron chi connectivity index (χ4n) is 2.05. The van der Waals surface area contributed by atoms with Crippen molar-refractivity contribution in [3.8, 4) is 0 Å². The first-order valence-electron chi connectivity index (χ1n) is 6.45. The van der Waals surface area contributed by atoms with E-state index < -0.39 is 10.0 Å². The number of nitrogens with one attached hydrogen (secondary N) is 2. The van der Waals surface area contributed by atoms with Crippen molar-refractivity contribution in [2.45, 2.75) is 32.6 Å². The number of aromatic nitrogens is 2. The Morgan fingerprint density at radius 2 is 1.57 bits per heavy atom. The van der Waals surface area contributed by atoms with Crippen molar-refractivity contribution < 1.29 is 8.42 Å². The van der Waals surface area contributed by atoms with Crippen LogP contribution in [0.3, 0.4) is 0 Å². The van der Waals surface area contributed by atoms with Crippen LogP contribution < -0.4 is 10.3 Å². The molecule has 0 spiro atoms. The van der Waals surface area contributed by atoms with Gasteiger partial charge >= 0.3 is 0 Å². The molecule has 1 heterocycles. The van der Waals surface area contributed by atoms with Gasteiger partial charge in [-0.1, -0.05) is 17.7 Å². The molecule has 21 heavy (non-hydrogen) atoms. The van der Waals surface area contributed by atoms with Gasteiger partial charge in [0, 0.05) is 11.4 Å². The molecule has 0 saturated carbocycles. The molecule has 112 valence electrons. The fraction of sp³-hybridized carbons (Fsp3) is 0.286. The third-order valence-corrected chi connectivity index (χ3v) is 4.31. The lowest BCUT2D eigenvalue weighted by Crippen LogP contribution is -2.31. The van der Waals surface area contributed by atoms with E-state index >= 15 is 0 Å². The summed E-state index contributed by atoms with van der Waals surface area (Å²) in [5.74, 6) is 0.223. The summed E-state index contributed by atoms with van der Waals surface area (Å²) >= 11 is 0. The maximum absolute atomic E-state index is 12.3. The van der Waals surface area contributed by atoms with Crippen LogP contribution in [0.2, 0.25) is 0 Å². The van der Waals surface area contributed by atoms with E-state index in [1.807, 2.05) is 32.9 Å². The topological polar surface area (TPSA) is 84.0 Å². The van der Waals surface area contributed by atoms with Crippen molar-refractivity contribution in [1.29, 1.82) is 0 Å². The van der Waals surface area contributed by atoms with Crippen molar-refractivity contribution in [2.24, 2.45) is 0 Å². The predicted octanol–water partition coefficient (Wildman–Crippen LogP) is 2.02. The Balaban J connectivity index is 2.21. The summed E-state index contributed by atoms with van der Waals surface area (Å²) in [6.45, 7) is 7.31. The summed E-state index contributed by atoms with van der Waals surface area (Å²) < 4.78 is 24.6. The summed E-state index contributed by atoms with van der Waals surface area (Å²) in [6.07, 6.45) is 0. The Morgan fingerprint density at radius 3 is 2.14 bits per heavy atom. The molecule has 0 saturated heterocycles. The Hall–Kier alpha value is -1.99. The zero-order valence-electron chi connectivity index (χ0n) is 12.4. The lowest BCUT2D eigenvalue weighted by Gasteiger charge is -2.11. The Kier molecular flexibility index (Phi) is 4.24. The second-order valence-corrected chi connectivity index (χ2v) is 6.62. The number of anilines is 1. The van der Waals surface area contributed by atoms with Crippen molar-refractivity contribution in [2.75, 3.05) is 5.43 Å². The van der Waals surface area contributed by atoms with Crippen LogP contribution in [0.4, 0.5) is 5.95 Å². The molecule has 2 aromatic rings. The molecule has 0 atom stereocenters. The van der Waals surface area contributed by atoms with Gasteiger partial charge in [0.25, 0.3) is 10.0 Å². The summed E-state index contributed by atoms with van der Waals surface area (Å²) in [5, 5.41) is 0. The zero-order valence-corrected chi connectivity index (χ0v) is 13.2. The van der Waals surface area contributed by atoms with Gasteiger partial charge in [0.15, 0.2) is 0 Å². The Morgan fingerprint density at radius 1 is 0.952 bits per heavy atom. The predicted molar refractivity (Wildman–Crippen MR) is 81.4 cm³/mol. The molecule has 2 rings (SSSR count). The molecule has 2 N–H and O–H groups in total. The SMILES string of the molecule is Cc1ccc(S(=O)(=O)NNc2nc(C)cc(C)n2)c(C)c1. The number of hydrogen-bond acceptors (Lipinski definition) is 5. The highest BCUT2D eigenvalue weighted by molar-refractivity contribution is 7.89. The average molecular weight is 306 g/mol. The smallest absolute Gasteiger partial charge is 0.257 e. The zero-order chi connectivity index (χ0) is 15.6. The third kappa shape index (κ3) is 3.77. The highest BCUT2D eigenvalue weighted by atomic mass is 32.2. The first-order valence-corrected chi connectivity index (χ1v) is 7.93. The molecule has 0 amide bonds. The monoisotopic (exact) mass is 306 g/mol. The van der Waals surface area contributed by atoms with Gasteiger partial charge in [-0.05, 0) is 45.4 Å². The van der Waals surface area contributed by atoms with Crippen molar-refractivity contribution in [3.05, 3.63) is 46.8 Å². The lowest BCUT2D eigenvalue weighted by molar-refractivity contribution is 0.586. The van der Waals surface area contributed by atoms with E-state index in [9.17, 15) is 8.42 Å². The van der Waals surface area contributed by atoms with Crippen LogP contribution in [-0.2, 0) is 10.0 Å². The Bertz CT molecular complexity index is 752. The number of benzene rings is 1. The molecule has 0 bridgehead atoms. The summed E-state index contributed by atoms with van der Waals surface area (Å²) in [5.41, 5.74) is 5.76. The van der Waals surface area contributed by atoms with Crippen molar-refractivity contribution in [1.82, 2.24) is 14.8 Å². The van der Waals surface area contributed by atoms with Gasteiger partial charge in [-0.25, -0.2) is 18.4 Å². The largest absolute Gasteiger partial charge is 0.276 e. The standard InChI is InChI=1S/C14H18N4O2S/c1-9-5-6-13(10(2)7-9)21(19,20)18-17-14-15-11(3)8-12(4)16-14/h5-8,18H,1-4H3,(H,15,16,17). The summed E-state index contributed by atoms with van der Waals surface area (Å²) in [6, 6.07) is 6.97. The number of nitrogens with zero attached hydrogens (tertiary/aromatic N) is 2. The quantitative estimate of drug-likeness (QED) is 0.844. The molecule has 0 radical (unpaired) electrons. The van der Waals surface area contributed by atoms with Gasteiger partial charge in [0.1, 0.15) is 0 Å². The molecule has 6 nitrogen and oxygen atoms in total. The van der Waals surface area contributed by atoms with E-state index in [0.29, 0.717) is 5.56 Å². The highest BCUT2D eigenvalue weighted by Crippen LogP contribution is 2.16. The minimum absolute atomic E-state index is 0.223. The van der Waals surface area contributed by atoms with Gasteiger partial charge in [-0.15, -0.1) is 4.83 Å². The van der Waals surface area contributed by atoms with Crippen LogP contribution in [0.15, 0.2) is 29.2 Å². The molecule has 0 aliphatic heterocycles. The van der Waals surface area contributed by atoms with Crippen molar-refractivity contribution >= 4 is 16.0 Å². The van der Waals surface area contributed by atoms with E-state index in [0.717, 1.165) is 17.0 Å². The van der Waals surface area contributed by atoms with Gasteiger partial charge in [-0.2, -0.15) is 0 Å². The van der Waals surface area contributed by atoms with Crippen molar-refractivity contribution in [3.63, 3.8) is 0 Å². The normalized spacial score (nSPS) is 11.4. The first kappa shape index (κ1) is 15.4. The number of hydrazine groups is 1. The molecule has 1 aromatic heterocycles. The lowest BCUT2D eigenvalue weighted by atomic mass is 10.2. The highest BCUT2D eigenvalue weighted by Gasteiger charge is 2.16. The van der Waals surface area contributed by atoms with Crippen LogP contribution in [0, 0.1) is 27.7 Å². The fourth-order valence-corrected chi connectivity index (χ4v) is 3.12. The van der Waals surface area contributed by atoms with E-state index in [2.05, 4.69) is 20.2 Å². The molecule has 0 unspecified atom stereocenters. The molecule has 7 heteroatoms. The van der Waals surface area contributed by atoms with Gasteiger partial charge in [0.2, 0.25) is 5.95 Å². The molecule has 0 aliphatic carbocycles.